The van der Waals surface area contributed by atoms with Gasteiger partial charge in [0, 0.05) is 31.1 Å². The Morgan fingerprint density at radius 3 is 2.41 bits per heavy atom. The van der Waals surface area contributed by atoms with Crippen molar-refractivity contribution in [3.63, 3.8) is 0 Å². The van der Waals surface area contributed by atoms with Crippen LogP contribution >= 0.6 is 0 Å². The predicted molar refractivity (Wildman–Crippen MR) is 138 cm³/mol. The van der Waals surface area contributed by atoms with Crippen LogP contribution in [0.2, 0.25) is 0 Å². The molecule has 39 heavy (non-hydrogen) atoms. The van der Waals surface area contributed by atoms with Crippen LogP contribution in [0.4, 0.5) is 14.0 Å². The molecule has 10 nitrogen and oxygen atoms in total. The minimum absolute atomic E-state index is 0.00110. The lowest BCUT2D eigenvalue weighted by molar-refractivity contribution is -0.120. The fourth-order valence-electron chi connectivity index (χ4n) is 5.06. The fourth-order valence-corrected chi connectivity index (χ4v) is 5.06. The minimum Gasteiger partial charge on any atom is -0.444 e. The normalized spacial score (nSPS) is 19.1. The zero-order valence-corrected chi connectivity index (χ0v) is 23.2. The maximum absolute atomic E-state index is 15.3. The number of halogens is 1. The highest BCUT2D eigenvalue weighted by atomic mass is 19.1. The van der Waals surface area contributed by atoms with Crippen molar-refractivity contribution in [1.82, 2.24) is 20.0 Å². The van der Waals surface area contributed by atoms with Crippen molar-refractivity contribution in [1.29, 1.82) is 0 Å². The van der Waals surface area contributed by atoms with E-state index in [4.69, 9.17) is 19.3 Å². The Kier molecular flexibility index (Phi) is 6.59. The Balaban J connectivity index is 1.59. The van der Waals surface area contributed by atoms with Gasteiger partial charge in [-0.1, -0.05) is 0 Å². The lowest BCUT2D eigenvalue weighted by Crippen LogP contribution is -2.46. The van der Waals surface area contributed by atoms with Crippen LogP contribution in [0.15, 0.2) is 12.1 Å². The van der Waals surface area contributed by atoms with Crippen LogP contribution in [-0.2, 0) is 27.1 Å². The third-order valence-electron chi connectivity index (χ3n) is 6.75. The summed E-state index contributed by atoms with van der Waals surface area (Å²) < 4.78 is 33.5. The van der Waals surface area contributed by atoms with Crippen molar-refractivity contribution < 1.29 is 33.0 Å². The van der Waals surface area contributed by atoms with Gasteiger partial charge >= 0.3 is 12.2 Å². The van der Waals surface area contributed by atoms with E-state index < -0.39 is 35.3 Å². The van der Waals surface area contributed by atoms with Gasteiger partial charge in [0.05, 0.1) is 23.9 Å². The highest BCUT2D eigenvalue weighted by Gasteiger charge is 2.41. The summed E-state index contributed by atoms with van der Waals surface area (Å²) >= 11 is 0. The molecule has 1 fully saturated rings. The van der Waals surface area contributed by atoms with Crippen LogP contribution in [0.3, 0.4) is 0 Å². The van der Waals surface area contributed by atoms with E-state index in [0.29, 0.717) is 24.2 Å². The van der Waals surface area contributed by atoms with Gasteiger partial charge in [0.25, 0.3) is 0 Å². The zero-order valence-electron chi connectivity index (χ0n) is 23.2. The molecule has 2 aromatic rings. The van der Waals surface area contributed by atoms with Gasteiger partial charge in [-0.05, 0) is 71.9 Å². The van der Waals surface area contributed by atoms with E-state index in [1.807, 2.05) is 0 Å². The van der Waals surface area contributed by atoms with Crippen molar-refractivity contribution in [2.24, 2.45) is 0 Å². The first-order valence-electron chi connectivity index (χ1n) is 13.3. The highest BCUT2D eigenvalue weighted by Crippen LogP contribution is 2.45. The largest absolute Gasteiger partial charge is 0.514 e. The molecule has 1 aromatic heterocycles. The molecule has 1 N–H and O–H groups in total. The van der Waals surface area contributed by atoms with Crippen LogP contribution in [-0.4, -0.2) is 57.1 Å². The lowest BCUT2D eigenvalue weighted by Gasteiger charge is -2.36. The number of amides is 2. The highest BCUT2D eigenvalue weighted by molar-refractivity contribution is 5.80. The van der Waals surface area contributed by atoms with Crippen LogP contribution < -0.4 is 10.1 Å². The number of aromatic nitrogens is 2. The van der Waals surface area contributed by atoms with E-state index >= 15 is 4.39 Å². The summed E-state index contributed by atoms with van der Waals surface area (Å²) in [6.07, 6.45) is 0.708. The Morgan fingerprint density at radius 2 is 1.77 bits per heavy atom. The quantitative estimate of drug-likeness (QED) is 0.442. The van der Waals surface area contributed by atoms with Crippen molar-refractivity contribution >= 4 is 18.2 Å². The molecule has 2 aliphatic heterocycles. The molecule has 5 rings (SSSR count). The molecule has 3 heterocycles. The second-order valence-electron chi connectivity index (χ2n) is 12.3. The van der Waals surface area contributed by atoms with Crippen LogP contribution in [0.25, 0.3) is 5.69 Å². The summed E-state index contributed by atoms with van der Waals surface area (Å²) in [6.45, 7) is 11.1. The van der Waals surface area contributed by atoms with Gasteiger partial charge in [0.1, 0.15) is 22.7 Å². The Hall–Kier alpha value is -3.63. The molecule has 1 aliphatic carbocycles. The summed E-state index contributed by atoms with van der Waals surface area (Å²) in [6, 6.07) is 2.36. The molecule has 2 amide bonds. The molecule has 0 radical (unpaired) electrons. The summed E-state index contributed by atoms with van der Waals surface area (Å²) in [5.41, 5.74) is 1.17. The smallest absolute Gasteiger partial charge is 0.444 e. The number of benzene rings is 1. The molecule has 3 aliphatic rings. The van der Waals surface area contributed by atoms with E-state index in [9.17, 15) is 14.4 Å². The van der Waals surface area contributed by atoms with Crippen LogP contribution in [0, 0.1) is 5.82 Å². The van der Waals surface area contributed by atoms with Gasteiger partial charge in [0.15, 0.2) is 5.75 Å². The number of hydrogen-bond donors (Lipinski definition) is 1. The number of rotatable bonds is 3. The summed E-state index contributed by atoms with van der Waals surface area (Å²) in [5, 5.41) is 7.57. The van der Waals surface area contributed by atoms with E-state index in [0.717, 1.165) is 24.1 Å². The molecule has 1 saturated carbocycles. The molecule has 1 unspecified atom stereocenters. The van der Waals surface area contributed by atoms with Gasteiger partial charge in [-0.25, -0.2) is 18.7 Å². The number of carbonyl (C=O) groups is 3. The van der Waals surface area contributed by atoms with Gasteiger partial charge in [-0.15, -0.1) is 0 Å². The first kappa shape index (κ1) is 27.0. The van der Waals surface area contributed by atoms with E-state index in [1.165, 1.54) is 6.07 Å². The number of hydrogen-bond acceptors (Lipinski definition) is 7. The molecular formula is C28H35FN4O6. The third kappa shape index (κ3) is 5.72. The average molecular weight is 543 g/mol. The van der Waals surface area contributed by atoms with Crippen molar-refractivity contribution in [2.45, 2.75) is 90.4 Å². The maximum atomic E-state index is 15.3. The second kappa shape index (κ2) is 9.53. The Bertz CT molecular complexity index is 1330. The Morgan fingerprint density at radius 1 is 1.08 bits per heavy atom. The van der Waals surface area contributed by atoms with Gasteiger partial charge in [-0.3, -0.25) is 9.69 Å². The number of nitrogens with one attached hydrogen (secondary N) is 1. The average Bonchev–Trinajstić information content (AvgIpc) is 3.59. The molecular weight excluding hydrogens is 507 g/mol. The van der Waals surface area contributed by atoms with E-state index in [1.54, 1.807) is 57.2 Å². The summed E-state index contributed by atoms with van der Waals surface area (Å²) in [7, 11) is 0. The molecule has 1 atom stereocenters. The monoisotopic (exact) mass is 542 g/mol. The van der Waals surface area contributed by atoms with E-state index in [2.05, 4.69) is 5.32 Å². The molecule has 11 heteroatoms. The number of ether oxygens (including phenoxy) is 3. The fraction of sp³-hybridized carbons (Fsp3) is 0.571. The van der Waals surface area contributed by atoms with Gasteiger partial charge in [-0.2, -0.15) is 5.10 Å². The molecule has 1 aromatic carbocycles. The van der Waals surface area contributed by atoms with Crippen LogP contribution in [0.5, 0.6) is 5.75 Å². The predicted octanol–water partition coefficient (Wildman–Crippen LogP) is 4.71. The Labute approximate surface area is 226 Å². The lowest BCUT2D eigenvalue weighted by atomic mass is 9.96. The zero-order chi connectivity index (χ0) is 28.3. The molecule has 210 valence electrons. The topological polar surface area (TPSA) is 112 Å². The minimum atomic E-state index is -0.909. The van der Waals surface area contributed by atoms with E-state index in [-0.39, 0.29) is 36.2 Å². The number of nitrogens with zero attached hydrogens (tertiary/aromatic N) is 3. The third-order valence-corrected chi connectivity index (χ3v) is 6.75. The summed E-state index contributed by atoms with van der Waals surface area (Å²) in [4.78, 5) is 39.9. The molecule has 0 saturated heterocycles. The SMILES string of the molecule is CC(C)(C)OC(=O)Oc1cc(C2CC2)c(F)cc1-n1nc2c3c1CCN(C(=O)OC(C)(C)C)C3CNC(=O)C2. The van der Waals surface area contributed by atoms with Gasteiger partial charge < -0.3 is 19.5 Å². The van der Waals surface area contributed by atoms with Crippen molar-refractivity contribution in [3.8, 4) is 11.4 Å². The van der Waals surface area contributed by atoms with Crippen LogP contribution in [0.1, 0.15) is 88.9 Å². The van der Waals surface area contributed by atoms with Crippen molar-refractivity contribution in [2.75, 3.05) is 13.1 Å². The maximum Gasteiger partial charge on any atom is 0.514 e. The van der Waals surface area contributed by atoms with Gasteiger partial charge in [0.2, 0.25) is 5.91 Å². The molecule has 0 bridgehead atoms. The standard InChI is InChI=1S/C28H35FN4O6/c1-27(2,3)38-25(35)32-10-9-19-24-18(13-23(34)30-14-21(24)32)31-33(19)20-12-17(29)16(15-7-8-15)11-22(20)37-26(36)39-28(4,5)6/h11-12,15,21H,7-10,13-14H2,1-6H3,(H,30,34). The van der Waals surface area contributed by atoms with Crippen molar-refractivity contribution in [3.05, 3.63) is 40.5 Å². The number of carbonyl (C=O) groups excluding carboxylic acids is 3. The first-order valence-corrected chi connectivity index (χ1v) is 13.3. The second-order valence-corrected chi connectivity index (χ2v) is 12.3. The first-order chi connectivity index (χ1) is 18.2. The summed E-state index contributed by atoms with van der Waals surface area (Å²) in [5.74, 6) is -0.455. The molecule has 0 spiro atoms.